The van der Waals surface area contributed by atoms with Crippen molar-refractivity contribution in [2.75, 3.05) is 17.2 Å². The molecule has 0 unspecified atom stereocenters. The van der Waals surface area contributed by atoms with Crippen molar-refractivity contribution in [3.05, 3.63) is 54.3 Å². The lowest BCUT2D eigenvalue weighted by molar-refractivity contribution is -0.147. The molecular weight excluding hydrogens is 359 g/mol. The highest BCUT2D eigenvalue weighted by molar-refractivity contribution is 8.01. The summed E-state index contributed by atoms with van der Waals surface area (Å²) in [6, 6.07) is 12.5. The fourth-order valence-corrected chi connectivity index (χ4v) is 3.41. The van der Waals surface area contributed by atoms with Crippen molar-refractivity contribution in [3.8, 4) is 0 Å². The minimum absolute atomic E-state index is 0.144. The third-order valence-corrected chi connectivity index (χ3v) is 4.83. The number of fused-ring (bicyclic) bond motifs is 1. The number of anilines is 2. The predicted octanol–water partition coefficient (Wildman–Crippen LogP) is 2.81. The van der Waals surface area contributed by atoms with Crippen LogP contribution in [-0.2, 0) is 19.1 Å². The van der Waals surface area contributed by atoms with E-state index in [-0.39, 0.29) is 12.3 Å². The topological polar surface area (TPSA) is 84.5 Å². The standard InChI is InChI=1S/C18H15FN2O4S/c19-11-5-7-12(8-6-11)20-16(22)10-25-17(23)9-15-18(24)21-13-3-1-2-4-14(13)26-15/h1-8,15H,9-10H2,(H,20,22)(H,21,24)/t15-/m0/s1. The van der Waals surface area contributed by atoms with Crippen LogP contribution in [0.2, 0.25) is 0 Å². The number of nitrogens with one attached hydrogen (secondary N) is 2. The maximum absolute atomic E-state index is 12.8. The van der Waals surface area contributed by atoms with E-state index in [1.54, 1.807) is 6.07 Å². The highest BCUT2D eigenvalue weighted by Crippen LogP contribution is 2.36. The third-order valence-electron chi connectivity index (χ3n) is 3.55. The molecule has 0 fully saturated rings. The van der Waals surface area contributed by atoms with Crippen molar-refractivity contribution in [3.63, 3.8) is 0 Å². The van der Waals surface area contributed by atoms with Gasteiger partial charge in [0, 0.05) is 10.6 Å². The van der Waals surface area contributed by atoms with E-state index in [1.807, 2.05) is 18.2 Å². The van der Waals surface area contributed by atoms with Crippen LogP contribution in [0.1, 0.15) is 6.42 Å². The van der Waals surface area contributed by atoms with Crippen LogP contribution in [0.4, 0.5) is 15.8 Å². The number of carbonyl (C=O) groups is 3. The predicted molar refractivity (Wildman–Crippen MR) is 95.3 cm³/mol. The molecule has 2 aromatic rings. The Morgan fingerprint density at radius 3 is 2.65 bits per heavy atom. The van der Waals surface area contributed by atoms with Crippen LogP contribution in [0, 0.1) is 5.82 Å². The number of amides is 2. The van der Waals surface area contributed by atoms with Gasteiger partial charge in [-0.3, -0.25) is 14.4 Å². The summed E-state index contributed by atoms with van der Waals surface area (Å²) >= 11 is 1.28. The Kier molecular flexibility index (Phi) is 5.52. The summed E-state index contributed by atoms with van der Waals surface area (Å²) in [5.74, 6) is -1.89. The lowest BCUT2D eigenvalue weighted by atomic mass is 10.2. The van der Waals surface area contributed by atoms with E-state index < -0.39 is 29.6 Å². The molecule has 26 heavy (non-hydrogen) atoms. The molecule has 1 heterocycles. The van der Waals surface area contributed by atoms with Gasteiger partial charge in [0.1, 0.15) is 5.82 Å². The Morgan fingerprint density at radius 1 is 1.15 bits per heavy atom. The number of para-hydroxylation sites is 1. The molecule has 1 aliphatic heterocycles. The van der Waals surface area contributed by atoms with Crippen LogP contribution in [-0.4, -0.2) is 29.6 Å². The van der Waals surface area contributed by atoms with Crippen LogP contribution in [0.15, 0.2) is 53.4 Å². The van der Waals surface area contributed by atoms with E-state index in [1.165, 1.54) is 36.0 Å². The molecule has 0 bridgehead atoms. The molecule has 2 N–H and O–H groups in total. The summed E-state index contributed by atoms with van der Waals surface area (Å²) in [7, 11) is 0. The van der Waals surface area contributed by atoms with Gasteiger partial charge in [-0.25, -0.2) is 4.39 Å². The maximum Gasteiger partial charge on any atom is 0.307 e. The molecule has 0 aromatic heterocycles. The van der Waals surface area contributed by atoms with E-state index in [2.05, 4.69) is 10.6 Å². The first-order chi connectivity index (χ1) is 12.5. The molecule has 0 aliphatic carbocycles. The van der Waals surface area contributed by atoms with Gasteiger partial charge in [0.05, 0.1) is 17.4 Å². The molecule has 3 rings (SSSR count). The van der Waals surface area contributed by atoms with Gasteiger partial charge in [0.25, 0.3) is 5.91 Å². The largest absolute Gasteiger partial charge is 0.456 e. The minimum Gasteiger partial charge on any atom is -0.456 e. The normalized spacial score (nSPS) is 15.6. The number of benzene rings is 2. The van der Waals surface area contributed by atoms with Gasteiger partial charge in [-0.2, -0.15) is 0 Å². The van der Waals surface area contributed by atoms with E-state index in [4.69, 9.17) is 4.74 Å². The molecule has 0 saturated carbocycles. The Hall–Kier alpha value is -2.87. The van der Waals surface area contributed by atoms with Crippen LogP contribution >= 0.6 is 11.8 Å². The first-order valence-electron chi connectivity index (χ1n) is 7.79. The van der Waals surface area contributed by atoms with Crippen molar-refractivity contribution in [2.24, 2.45) is 0 Å². The molecule has 2 aromatic carbocycles. The molecule has 1 atom stereocenters. The van der Waals surface area contributed by atoms with Gasteiger partial charge >= 0.3 is 5.97 Å². The summed E-state index contributed by atoms with van der Waals surface area (Å²) in [6.07, 6.45) is -0.144. The molecule has 0 saturated heterocycles. The third kappa shape index (κ3) is 4.60. The van der Waals surface area contributed by atoms with Gasteiger partial charge in [0.15, 0.2) is 6.61 Å². The highest BCUT2D eigenvalue weighted by atomic mass is 32.2. The van der Waals surface area contributed by atoms with Crippen LogP contribution in [0.5, 0.6) is 0 Å². The zero-order valence-electron chi connectivity index (χ0n) is 13.5. The lowest BCUT2D eigenvalue weighted by Crippen LogP contribution is -2.32. The summed E-state index contributed by atoms with van der Waals surface area (Å²) < 4.78 is 17.7. The quantitative estimate of drug-likeness (QED) is 0.786. The van der Waals surface area contributed by atoms with Crippen molar-refractivity contribution >= 4 is 40.9 Å². The van der Waals surface area contributed by atoms with Crippen LogP contribution in [0.3, 0.4) is 0 Å². The van der Waals surface area contributed by atoms with E-state index in [0.29, 0.717) is 11.4 Å². The average molecular weight is 374 g/mol. The number of thioether (sulfide) groups is 1. The molecular formula is C18H15FN2O4S. The minimum atomic E-state index is -0.647. The van der Waals surface area contributed by atoms with E-state index >= 15 is 0 Å². The second kappa shape index (κ2) is 8.01. The molecule has 0 radical (unpaired) electrons. The number of halogens is 1. The Morgan fingerprint density at radius 2 is 1.88 bits per heavy atom. The molecule has 6 nitrogen and oxygen atoms in total. The summed E-state index contributed by atoms with van der Waals surface area (Å²) in [6.45, 7) is -0.480. The number of esters is 1. The fourth-order valence-electron chi connectivity index (χ4n) is 2.31. The van der Waals surface area contributed by atoms with Crippen molar-refractivity contribution in [1.29, 1.82) is 0 Å². The number of ether oxygens (including phenoxy) is 1. The number of rotatable bonds is 5. The monoisotopic (exact) mass is 374 g/mol. The average Bonchev–Trinajstić information content (AvgIpc) is 2.62. The molecule has 134 valence electrons. The molecule has 1 aliphatic rings. The zero-order chi connectivity index (χ0) is 18.5. The molecule has 0 spiro atoms. The van der Waals surface area contributed by atoms with Gasteiger partial charge in [-0.1, -0.05) is 12.1 Å². The van der Waals surface area contributed by atoms with Crippen LogP contribution in [0.25, 0.3) is 0 Å². The maximum atomic E-state index is 12.8. The Bertz CT molecular complexity index is 841. The molecule has 8 heteroatoms. The summed E-state index contributed by atoms with van der Waals surface area (Å²) in [5, 5.41) is 4.61. The van der Waals surface area contributed by atoms with Crippen molar-refractivity contribution in [2.45, 2.75) is 16.6 Å². The van der Waals surface area contributed by atoms with Crippen LogP contribution < -0.4 is 10.6 Å². The van der Waals surface area contributed by atoms with E-state index in [9.17, 15) is 18.8 Å². The van der Waals surface area contributed by atoms with Crippen molar-refractivity contribution < 1.29 is 23.5 Å². The highest BCUT2D eigenvalue weighted by Gasteiger charge is 2.29. The first kappa shape index (κ1) is 17.9. The second-order valence-electron chi connectivity index (χ2n) is 5.51. The smallest absolute Gasteiger partial charge is 0.307 e. The Balaban J connectivity index is 1.47. The SMILES string of the molecule is O=C(COC(=O)C[C@@H]1Sc2ccccc2NC1=O)Nc1ccc(F)cc1. The van der Waals surface area contributed by atoms with Gasteiger partial charge in [-0.15, -0.1) is 11.8 Å². The second-order valence-corrected chi connectivity index (χ2v) is 6.76. The van der Waals surface area contributed by atoms with Gasteiger partial charge in [0.2, 0.25) is 5.91 Å². The number of hydrogen-bond acceptors (Lipinski definition) is 5. The number of carbonyl (C=O) groups excluding carboxylic acids is 3. The summed E-state index contributed by atoms with van der Waals surface area (Å²) in [5.41, 5.74) is 1.11. The summed E-state index contributed by atoms with van der Waals surface area (Å²) in [4.78, 5) is 36.6. The van der Waals surface area contributed by atoms with E-state index in [0.717, 1.165) is 4.90 Å². The van der Waals surface area contributed by atoms with Gasteiger partial charge < -0.3 is 15.4 Å². The first-order valence-corrected chi connectivity index (χ1v) is 8.67. The molecule has 2 amide bonds. The Labute approximate surface area is 153 Å². The zero-order valence-corrected chi connectivity index (χ0v) is 14.3. The fraction of sp³-hybridized carbons (Fsp3) is 0.167. The lowest BCUT2D eigenvalue weighted by Gasteiger charge is -2.23. The van der Waals surface area contributed by atoms with Crippen molar-refractivity contribution in [1.82, 2.24) is 0 Å². The number of hydrogen-bond donors (Lipinski definition) is 2. The van der Waals surface area contributed by atoms with Gasteiger partial charge in [-0.05, 0) is 36.4 Å².